The maximum absolute atomic E-state index is 12.1. The predicted octanol–water partition coefficient (Wildman–Crippen LogP) is 6.35. The van der Waals surface area contributed by atoms with Gasteiger partial charge in [-0.15, -0.1) is 0 Å². The van der Waals surface area contributed by atoms with E-state index in [9.17, 15) is 60.7 Å². The monoisotopic (exact) mass is 1290 g/mol. The van der Waals surface area contributed by atoms with Crippen LogP contribution in [0.2, 0.25) is 0 Å². The van der Waals surface area contributed by atoms with Crippen molar-refractivity contribution in [2.45, 2.75) is 280 Å². The Hall–Kier alpha value is -1.82. The number of hydrogen-bond acceptors (Lipinski definition) is 23. The standard InChI is InChI=1S/C66H130O23/c1-3-5-7-9-11-13-15-17-19-21-23-25-27-29-31-33-65(77)88-53-63(75)51-86-49-61(73)47-84-45-59(71)43-82-41-57(69)39-80-37-55(67)35-79-36-56(68)38-81-40-58(70)42-83-44-60(72)46-85-48-62(74)50-87-52-64(76)54-89-66(78)34-32-30-28-26-24-22-20-18-16-14-12-10-8-6-4-2/h55-64,67-76H,3-54H2,1-2H3. The van der Waals surface area contributed by atoms with Gasteiger partial charge in [0.15, 0.2) is 0 Å². The fourth-order valence-electron chi connectivity index (χ4n) is 9.35. The van der Waals surface area contributed by atoms with E-state index in [0.717, 1.165) is 38.5 Å². The van der Waals surface area contributed by atoms with E-state index in [1.165, 1.54) is 154 Å². The van der Waals surface area contributed by atoms with Crippen molar-refractivity contribution in [1.29, 1.82) is 0 Å². The molecule has 0 spiro atoms. The summed E-state index contributed by atoms with van der Waals surface area (Å²) in [5, 5.41) is 101. The lowest BCUT2D eigenvalue weighted by Gasteiger charge is -2.18. The first kappa shape index (κ1) is 87.2. The Labute approximate surface area is 535 Å². The summed E-state index contributed by atoms with van der Waals surface area (Å²) in [5.41, 5.74) is 0. The fraction of sp³-hybridized carbons (Fsp3) is 0.970. The summed E-state index contributed by atoms with van der Waals surface area (Å²) >= 11 is 0. The largest absolute Gasteiger partial charge is 0.463 e. The van der Waals surface area contributed by atoms with Crippen molar-refractivity contribution >= 4 is 11.9 Å². The molecule has 23 heteroatoms. The Bertz CT molecular complexity index is 1370. The van der Waals surface area contributed by atoms with Crippen LogP contribution in [0.25, 0.3) is 0 Å². The predicted molar refractivity (Wildman–Crippen MR) is 338 cm³/mol. The van der Waals surface area contributed by atoms with Gasteiger partial charge in [0.05, 0.1) is 119 Å². The van der Waals surface area contributed by atoms with Gasteiger partial charge in [-0.2, -0.15) is 0 Å². The lowest BCUT2D eigenvalue weighted by Crippen LogP contribution is -2.32. The fourth-order valence-corrected chi connectivity index (χ4v) is 9.35. The molecule has 0 saturated carbocycles. The van der Waals surface area contributed by atoms with Crippen LogP contribution in [0.3, 0.4) is 0 Å². The second-order valence-corrected chi connectivity index (χ2v) is 24.1. The molecule has 0 radical (unpaired) electrons. The van der Waals surface area contributed by atoms with Crippen LogP contribution in [0.1, 0.15) is 219 Å². The van der Waals surface area contributed by atoms with E-state index >= 15 is 0 Å². The van der Waals surface area contributed by atoms with Crippen molar-refractivity contribution in [1.82, 2.24) is 0 Å². The van der Waals surface area contributed by atoms with Gasteiger partial charge in [-0.3, -0.25) is 9.59 Å². The highest BCUT2D eigenvalue weighted by molar-refractivity contribution is 5.69. The smallest absolute Gasteiger partial charge is 0.305 e. The lowest BCUT2D eigenvalue weighted by atomic mass is 10.0. The zero-order valence-electron chi connectivity index (χ0n) is 55.3. The number of carbonyl (C=O) groups excluding carboxylic acids is 2. The molecule has 0 aromatic heterocycles. The zero-order valence-corrected chi connectivity index (χ0v) is 55.3. The average molecular weight is 1290 g/mol. The van der Waals surface area contributed by atoms with E-state index in [4.69, 9.17) is 52.1 Å². The number of ether oxygens (including phenoxy) is 11. The van der Waals surface area contributed by atoms with Crippen molar-refractivity contribution in [3.8, 4) is 0 Å². The highest BCUT2D eigenvalue weighted by Gasteiger charge is 2.17. The van der Waals surface area contributed by atoms with Crippen molar-refractivity contribution < 1.29 is 113 Å². The normalized spacial score (nSPS) is 15.3. The average Bonchev–Trinajstić information content (AvgIpc) is 3.52. The summed E-state index contributed by atoms with van der Waals surface area (Å²) in [6.07, 6.45) is 27.4. The van der Waals surface area contributed by atoms with Crippen molar-refractivity contribution in [3.63, 3.8) is 0 Å². The molecule has 0 saturated heterocycles. The Morgan fingerprint density at radius 1 is 0.202 bits per heavy atom. The molecule has 23 nitrogen and oxygen atoms in total. The van der Waals surface area contributed by atoms with Gasteiger partial charge in [-0.05, 0) is 12.8 Å². The Balaban J connectivity index is 3.72. The third-order valence-electron chi connectivity index (χ3n) is 14.4. The summed E-state index contributed by atoms with van der Waals surface area (Å²) < 4.78 is 58.0. The van der Waals surface area contributed by atoms with Crippen LogP contribution in [0.5, 0.6) is 0 Å². The summed E-state index contributed by atoms with van der Waals surface area (Å²) in [7, 11) is 0. The van der Waals surface area contributed by atoms with Crippen molar-refractivity contribution in [2.75, 3.05) is 132 Å². The van der Waals surface area contributed by atoms with Gasteiger partial charge in [0.1, 0.15) is 74.3 Å². The van der Waals surface area contributed by atoms with Gasteiger partial charge in [0, 0.05) is 12.8 Å². The molecule has 0 aliphatic rings. The Kier molecular flexibility index (Phi) is 64.9. The van der Waals surface area contributed by atoms with Crippen molar-refractivity contribution in [3.05, 3.63) is 0 Å². The minimum atomic E-state index is -1.07. The molecule has 10 unspecified atom stereocenters. The third-order valence-corrected chi connectivity index (χ3v) is 14.4. The number of hydrogen-bond donors (Lipinski definition) is 10. The molecule has 0 aliphatic carbocycles. The molecule has 0 amide bonds. The van der Waals surface area contributed by atoms with Crippen molar-refractivity contribution in [2.24, 2.45) is 0 Å². The van der Waals surface area contributed by atoms with Crippen LogP contribution >= 0.6 is 0 Å². The minimum absolute atomic E-state index is 0.144. The zero-order chi connectivity index (χ0) is 65.5. The molecule has 0 aromatic rings. The van der Waals surface area contributed by atoms with E-state index in [1.54, 1.807) is 0 Å². The molecule has 10 atom stereocenters. The molecule has 0 rings (SSSR count). The molecule has 0 fully saturated rings. The first-order valence-electron chi connectivity index (χ1n) is 34.5. The summed E-state index contributed by atoms with van der Waals surface area (Å²) in [4.78, 5) is 24.1. The van der Waals surface area contributed by atoms with Gasteiger partial charge >= 0.3 is 11.9 Å². The second kappa shape index (κ2) is 66.2. The van der Waals surface area contributed by atoms with Crippen LogP contribution in [-0.2, 0) is 61.7 Å². The summed E-state index contributed by atoms with van der Waals surface area (Å²) in [5.74, 6) is -0.713. The number of aliphatic hydroxyl groups is 10. The third kappa shape index (κ3) is 66.0. The number of carbonyl (C=O) groups is 2. The van der Waals surface area contributed by atoms with Gasteiger partial charge in [0.25, 0.3) is 0 Å². The van der Waals surface area contributed by atoms with Gasteiger partial charge in [0.2, 0.25) is 0 Å². The topological polar surface area (TPSA) is 338 Å². The molecule has 0 heterocycles. The SMILES string of the molecule is CCCCCCCCCCCCCCCCCC(=O)OCC(O)COCC(O)COCC(O)COCC(O)COCC(O)COCC(O)COCC(O)COCC(O)COCC(O)COCC(O)COC(=O)CCCCCCCCCCCCCCCCC. The minimum Gasteiger partial charge on any atom is -0.463 e. The molecule has 0 bridgehead atoms. The van der Waals surface area contributed by atoms with Crippen LogP contribution in [0.4, 0.5) is 0 Å². The van der Waals surface area contributed by atoms with Gasteiger partial charge in [-0.1, -0.05) is 194 Å². The van der Waals surface area contributed by atoms with Crippen LogP contribution in [0, 0.1) is 0 Å². The molecule has 89 heavy (non-hydrogen) atoms. The van der Waals surface area contributed by atoms with Crippen LogP contribution in [-0.4, -0.2) is 256 Å². The van der Waals surface area contributed by atoms with Crippen LogP contribution < -0.4 is 0 Å². The molecule has 0 aliphatic heterocycles. The Morgan fingerprint density at radius 3 is 0.472 bits per heavy atom. The molecular weight excluding hydrogens is 1160 g/mol. The maximum Gasteiger partial charge on any atom is 0.305 e. The molecular formula is C66H130O23. The quantitative estimate of drug-likeness (QED) is 0.0234. The number of unbranched alkanes of at least 4 members (excludes halogenated alkanes) is 28. The first-order chi connectivity index (χ1) is 43.1. The first-order valence-corrected chi connectivity index (χ1v) is 34.5. The number of aliphatic hydroxyl groups excluding tert-OH is 10. The van der Waals surface area contributed by atoms with E-state index in [0.29, 0.717) is 12.8 Å². The van der Waals surface area contributed by atoms with Gasteiger partial charge < -0.3 is 103 Å². The molecule has 0 aromatic carbocycles. The summed E-state index contributed by atoms with van der Waals surface area (Å²) in [6.45, 7) is 1.07. The highest BCUT2D eigenvalue weighted by atomic mass is 16.6. The lowest BCUT2D eigenvalue weighted by molar-refractivity contribution is -0.149. The van der Waals surface area contributed by atoms with Crippen LogP contribution in [0.15, 0.2) is 0 Å². The number of esters is 2. The van der Waals surface area contributed by atoms with Gasteiger partial charge in [-0.25, -0.2) is 0 Å². The van der Waals surface area contributed by atoms with E-state index in [-0.39, 0.29) is 144 Å². The highest BCUT2D eigenvalue weighted by Crippen LogP contribution is 2.16. The molecule has 10 N–H and O–H groups in total. The van der Waals surface area contributed by atoms with E-state index < -0.39 is 61.0 Å². The summed E-state index contributed by atoms with van der Waals surface area (Å²) in [6, 6.07) is 0. The van der Waals surface area contributed by atoms with E-state index in [2.05, 4.69) is 13.8 Å². The molecule has 532 valence electrons. The van der Waals surface area contributed by atoms with E-state index in [1.807, 2.05) is 0 Å². The Morgan fingerprint density at radius 2 is 0.326 bits per heavy atom. The maximum atomic E-state index is 12.1. The second-order valence-electron chi connectivity index (χ2n) is 24.1. The number of rotatable bonds is 72.